The average Bonchev–Trinajstić information content (AvgIpc) is 2.61. The molecule has 0 N–H and O–H groups in total. The van der Waals surface area contributed by atoms with Gasteiger partial charge in [-0.05, 0) is 0 Å². The molecule has 1 aromatic rings. The van der Waals surface area contributed by atoms with E-state index in [9.17, 15) is 13.2 Å². The van der Waals surface area contributed by atoms with Crippen LogP contribution in [0.5, 0.6) is 0 Å². The van der Waals surface area contributed by atoms with Gasteiger partial charge in [-0.15, -0.1) is 6.07 Å². The van der Waals surface area contributed by atoms with Gasteiger partial charge in [-0.1, -0.05) is 5.69 Å². The normalized spacial score (nSPS) is 14.8. The van der Waals surface area contributed by atoms with Crippen molar-refractivity contribution in [2.75, 3.05) is 18.6 Å². The quantitative estimate of drug-likeness (QED) is 0.570. The van der Waals surface area contributed by atoms with Crippen molar-refractivity contribution in [2.45, 2.75) is 6.18 Å². The van der Waals surface area contributed by atoms with E-state index in [1.807, 2.05) is 0 Å². The van der Waals surface area contributed by atoms with E-state index >= 15 is 0 Å². The molecule has 0 unspecified atom stereocenters. The van der Waals surface area contributed by atoms with Gasteiger partial charge >= 0.3 is 25.7 Å². The van der Waals surface area contributed by atoms with E-state index in [-0.39, 0.29) is 33.6 Å². The molecule has 0 saturated carbocycles. The minimum absolute atomic E-state index is 0. The van der Waals surface area contributed by atoms with Crippen LogP contribution in [-0.4, -0.2) is 24.8 Å². The summed E-state index contributed by atoms with van der Waals surface area (Å²) < 4.78 is 37.7. The molecule has 1 aliphatic heterocycles. The van der Waals surface area contributed by atoms with Crippen LogP contribution in [0.4, 0.5) is 18.9 Å². The number of nitrogens with zero attached hydrogens (tertiary/aromatic N) is 2. The summed E-state index contributed by atoms with van der Waals surface area (Å²) in [6, 6.07) is 9.84. The van der Waals surface area contributed by atoms with E-state index in [1.165, 1.54) is 16.8 Å². The molecule has 0 aromatic heterocycles. The molecule has 0 saturated heterocycles. The molecule has 1 heterocycles. The molecule has 0 fully saturated rings. The van der Waals surface area contributed by atoms with E-state index in [4.69, 9.17) is 0 Å². The van der Waals surface area contributed by atoms with Gasteiger partial charge < -0.3 is 17.2 Å². The zero-order chi connectivity index (χ0) is 11.8. The number of allylic oxidation sites excluding steroid dienone is 1. The van der Waals surface area contributed by atoms with Crippen molar-refractivity contribution >= 4 is 5.69 Å². The molecule has 0 bridgehead atoms. The summed E-state index contributed by atoms with van der Waals surface area (Å²) in [5.41, 5.74) is -0.00152. The zero-order valence-electron chi connectivity index (χ0n) is 9.96. The van der Waals surface area contributed by atoms with Crippen molar-refractivity contribution in [3.05, 3.63) is 49.7 Å². The third-order valence-electron chi connectivity index (χ3n) is 2.35. The van der Waals surface area contributed by atoms with Crippen molar-refractivity contribution in [1.29, 1.82) is 0 Å². The Balaban J connectivity index is 0.00000144. The van der Waals surface area contributed by atoms with Gasteiger partial charge in [0.15, 0.2) is 0 Å². The van der Waals surface area contributed by atoms with Crippen LogP contribution in [0, 0.1) is 13.5 Å². The second-order valence-corrected chi connectivity index (χ2v) is 3.57. The maximum absolute atomic E-state index is 12.6. The molecule has 2 nitrogen and oxygen atoms in total. The molecule has 0 atom stereocenters. The fraction of sp³-hybridized carbons (Fsp3) is 0.250. The van der Waals surface area contributed by atoms with Crippen LogP contribution >= 0.6 is 0 Å². The number of anilines is 1. The zero-order valence-corrected chi connectivity index (χ0v) is 11.6. The summed E-state index contributed by atoms with van der Waals surface area (Å²) in [5.74, 6) is 0. The second-order valence-electron chi connectivity index (χ2n) is 3.57. The van der Waals surface area contributed by atoms with Gasteiger partial charge in [0.1, 0.15) is 5.70 Å². The molecule has 0 amide bonds. The van der Waals surface area contributed by atoms with E-state index in [2.05, 4.69) is 6.07 Å². The van der Waals surface area contributed by atoms with Crippen LogP contribution in [0.3, 0.4) is 0 Å². The van der Waals surface area contributed by atoms with Crippen molar-refractivity contribution in [3.8, 4) is 0 Å². The summed E-state index contributed by atoms with van der Waals surface area (Å²) in [6.45, 7) is 0.190. The summed E-state index contributed by atoms with van der Waals surface area (Å²) in [7, 11) is 1.42. The maximum atomic E-state index is 12.6. The van der Waals surface area contributed by atoms with Crippen molar-refractivity contribution < 1.29 is 32.6 Å². The van der Waals surface area contributed by atoms with Crippen molar-refractivity contribution in [1.82, 2.24) is 4.90 Å². The Morgan fingerprint density at radius 3 is 2.39 bits per heavy atom. The van der Waals surface area contributed by atoms with Crippen LogP contribution in [-0.2, 0) is 19.5 Å². The molecule has 1 radical (unpaired) electrons. The van der Waals surface area contributed by atoms with Gasteiger partial charge in [0.25, 0.3) is 0 Å². The topological polar surface area (TPSA) is 6.48 Å². The molecule has 6 heteroatoms. The maximum Gasteiger partial charge on any atom is 2.00 e. The van der Waals surface area contributed by atoms with Gasteiger partial charge in [-0.3, -0.25) is 0 Å². The number of benzene rings is 1. The number of rotatable bonds is 1. The fourth-order valence-corrected chi connectivity index (χ4v) is 1.59. The van der Waals surface area contributed by atoms with E-state index in [0.717, 1.165) is 6.20 Å². The molecular formula is C12H13F3N2Rh. The Hall–Kier alpha value is -1.03. The standard InChI is InChI=1S/C11H10F3N2.CH3.Rh/c1-15-8-16(7-10(15)11(12,13)14)9-5-3-2-4-6-9;;/h2-5,7H,8H2,1H3;1H3;/q2*-1;+2. The smallest absolute Gasteiger partial charge is 0.358 e. The molecular weight excluding hydrogens is 332 g/mol. The van der Waals surface area contributed by atoms with E-state index in [1.54, 1.807) is 24.3 Å². The van der Waals surface area contributed by atoms with Gasteiger partial charge in [0.2, 0.25) is 0 Å². The number of alkyl halides is 3. The number of halogens is 3. The molecule has 1 aromatic carbocycles. The SMILES string of the molecule is CN1CN(c2[c-]cccc2)C=C1C(F)(F)F.[CH3-].[Rh+2]. The third kappa shape index (κ3) is 3.48. The van der Waals surface area contributed by atoms with E-state index < -0.39 is 11.9 Å². The van der Waals surface area contributed by atoms with Gasteiger partial charge in [0, 0.05) is 13.2 Å². The van der Waals surface area contributed by atoms with E-state index in [0.29, 0.717) is 5.69 Å². The van der Waals surface area contributed by atoms with Gasteiger partial charge in [-0.25, -0.2) is 0 Å². The molecule has 0 spiro atoms. The van der Waals surface area contributed by atoms with Crippen molar-refractivity contribution in [2.24, 2.45) is 0 Å². The fourth-order valence-electron chi connectivity index (χ4n) is 1.59. The predicted octanol–water partition coefficient (Wildman–Crippen LogP) is 3.05. The Labute approximate surface area is 118 Å². The predicted molar refractivity (Wildman–Crippen MR) is 60.9 cm³/mol. The molecule has 101 valence electrons. The summed E-state index contributed by atoms with van der Waals surface area (Å²) >= 11 is 0. The Morgan fingerprint density at radius 1 is 1.28 bits per heavy atom. The summed E-state index contributed by atoms with van der Waals surface area (Å²) in [4.78, 5) is 2.68. The largest absolute Gasteiger partial charge is 2.00 e. The second kappa shape index (κ2) is 6.23. The number of para-hydroxylation sites is 1. The first-order valence-corrected chi connectivity index (χ1v) is 4.72. The Bertz CT molecular complexity index is 404. The first-order chi connectivity index (χ1) is 7.48. The molecule has 1 aliphatic rings. The summed E-state index contributed by atoms with van der Waals surface area (Å²) in [6.07, 6.45) is -3.20. The van der Waals surface area contributed by atoms with Gasteiger partial charge in [0.05, 0.1) is 6.67 Å². The summed E-state index contributed by atoms with van der Waals surface area (Å²) in [5, 5.41) is 0. The monoisotopic (exact) mass is 345 g/mol. The Morgan fingerprint density at radius 2 is 1.94 bits per heavy atom. The minimum Gasteiger partial charge on any atom is -0.358 e. The third-order valence-corrected chi connectivity index (χ3v) is 2.35. The number of hydrogen-bond acceptors (Lipinski definition) is 2. The van der Waals surface area contributed by atoms with Crippen molar-refractivity contribution in [3.63, 3.8) is 0 Å². The average molecular weight is 345 g/mol. The van der Waals surface area contributed by atoms with Crippen LogP contribution in [0.15, 0.2) is 36.2 Å². The number of hydrogen-bond donors (Lipinski definition) is 0. The van der Waals surface area contributed by atoms with Crippen LogP contribution in [0.2, 0.25) is 0 Å². The molecule has 2 rings (SSSR count). The molecule has 18 heavy (non-hydrogen) atoms. The first-order valence-electron chi connectivity index (χ1n) is 4.72. The van der Waals surface area contributed by atoms with Gasteiger partial charge in [-0.2, -0.15) is 37.4 Å². The van der Waals surface area contributed by atoms with Crippen LogP contribution in [0.1, 0.15) is 0 Å². The minimum atomic E-state index is -4.31. The Kier molecular flexibility index (Phi) is 5.88. The van der Waals surface area contributed by atoms with Crippen LogP contribution < -0.4 is 4.90 Å². The first kappa shape index (κ1) is 17.0. The molecule has 0 aliphatic carbocycles. The van der Waals surface area contributed by atoms with Crippen LogP contribution in [0.25, 0.3) is 0 Å².